The predicted molar refractivity (Wildman–Crippen MR) is 105 cm³/mol. The Hall–Kier alpha value is -2.25. The lowest BCUT2D eigenvalue weighted by molar-refractivity contribution is -0.170. The summed E-state index contributed by atoms with van der Waals surface area (Å²) < 4.78 is 14.6. The van der Waals surface area contributed by atoms with E-state index in [-0.39, 0.29) is 13.0 Å². The van der Waals surface area contributed by atoms with E-state index in [4.69, 9.17) is 9.47 Å². The molecule has 0 radical (unpaired) electrons. The van der Waals surface area contributed by atoms with Crippen molar-refractivity contribution in [2.75, 3.05) is 13.2 Å². The topological polar surface area (TPSA) is 113 Å². The van der Waals surface area contributed by atoms with Gasteiger partial charge in [0.15, 0.2) is 6.10 Å². The van der Waals surface area contributed by atoms with Gasteiger partial charge >= 0.3 is 17.9 Å². The first-order valence-electron chi connectivity index (χ1n) is 10.3. The molecule has 0 heterocycles. The zero-order valence-electron chi connectivity index (χ0n) is 17.8. The van der Waals surface area contributed by atoms with Crippen LogP contribution in [0, 0.1) is 0 Å². The summed E-state index contributed by atoms with van der Waals surface area (Å²) in [7, 11) is 0. The number of carbonyl (C=O) groups is 5. The summed E-state index contributed by atoms with van der Waals surface area (Å²) in [4.78, 5) is 56.4. The van der Waals surface area contributed by atoms with Gasteiger partial charge in [0.2, 0.25) is 11.6 Å². The second kappa shape index (κ2) is 16.7. The monoisotopic (exact) mass is 414 g/mol. The molecule has 0 aromatic heterocycles. The van der Waals surface area contributed by atoms with Gasteiger partial charge in [-0.3, -0.25) is 14.4 Å². The van der Waals surface area contributed by atoms with E-state index in [0.717, 1.165) is 33.1 Å². The Bertz CT molecular complexity index is 541. The van der Waals surface area contributed by atoms with Crippen molar-refractivity contribution >= 4 is 29.5 Å². The summed E-state index contributed by atoms with van der Waals surface area (Å²) in [6, 6.07) is 0. The Morgan fingerprint density at radius 1 is 0.655 bits per heavy atom. The summed E-state index contributed by atoms with van der Waals surface area (Å²) in [6.07, 6.45) is 9.20. The van der Waals surface area contributed by atoms with Crippen LogP contribution in [0.4, 0.5) is 0 Å². The second-order valence-electron chi connectivity index (χ2n) is 7.00. The highest BCUT2D eigenvalue weighted by Gasteiger charge is 2.22. The minimum Gasteiger partial charge on any atom is -0.462 e. The lowest BCUT2D eigenvalue weighted by atomic mass is 10.1. The van der Waals surface area contributed by atoms with E-state index in [0.29, 0.717) is 6.42 Å². The number of hydrogen-bond donors (Lipinski definition) is 0. The Morgan fingerprint density at radius 2 is 1.14 bits per heavy atom. The fourth-order valence-electron chi connectivity index (χ4n) is 2.46. The molecule has 0 rings (SSSR count). The van der Waals surface area contributed by atoms with Crippen LogP contribution in [0.5, 0.6) is 0 Å². The van der Waals surface area contributed by atoms with Crippen molar-refractivity contribution in [2.45, 2.75) is 91.1 Å². The zero-order chi connectivity index (χ0) is 22.1. The summed E-state index contributed by atoms with van der Waals surface area (Å²) in [5, 5.41) is 0. The van der Waals surface area contributed by atoms with Crippen molar-refractivity contribution < 1.29 is 38.2 Å². The number of carbonyl (C=O) groups excluding carboxylic acids is 5. The smallest absolute Gasteiger partial charge is 0.374 e. The van der Waals surface area contributed by atoms with Crippen molar-refractivity contribution in [3.05, 3.63) is 0 Å². The maximum absolute atomic E-state index is 11.8. The Labute approximate surface area is 172 Å². The lowest BCUT2D eigenvalue weighted by Gasteiger charge is -2.17. The Kier molecular flexibility index (Phi) is 15.4. The molecule has 1 unspecified atom stereocenters. The van der Waals surface area contributed by atoms with Gasteiger partial charge in [-0.15, -0.1) is 0 Å². The molecule has 0 bridgehead atoms. The molecule has 0 saturated heterocycles. The molecular weight excluding hydrogens is 380 g/mol. The fourth-order valence-corrected chi connectivity index (χ4v) is 2.46. The van der Waals surface area contributed by atoms with E-state index in [2.05, 4.69) is 11.7 Å². The third-order valence-electron chi connectivity index (χ3n) is 4.16. The quantitative estimate of drug-likeness (QED) is 0.154. The molecule has 166 valence electrons. The first-order chi connectivity index (χ1) is 13.8. The average Bonchev–Trinajstić information content (AvgIpc) is 2.67. The van der Waals surface area contributed by atoms with Crippen LogP contribution in [0.2, 0.25) is 0 Å². The summed E-state index contributed by atoms with van der Waals surface area (Å²) in [5.41, 5.74) is 0. The normalized spacial score (nSPS) is 11.4. The molecule has 0 aromatic rings. The number of Topliss-reactive ketones (excluding diaryl/α,β-unsaturated/α-hetero) is 2. The molecule has 1 atom stereocenters. The van der Waals surface area contributed by atoms with E-state index in [1.807, 2.05) is 0 Å². The van der Waals surface area contributed by atoms with Crippen molar-refractivity contribution in [1.82, 2.24) is 0 Å². The van der Waals surface area contributed by atoms with Crippen molar-refractivity contribution in [1.29, 1.82) is 0 Å². The van der Waals surface area contributed by atoms with Crippen LogP contribution < -0.4 is 0 Å². The van der Waals surface area contributed by atoms with E-state index < -0.39 is 42.2 Å². The number of esters is 3. The van der Waals surface area contributed by atoms with Crippen LogP contribution in [-0.2, 0) is 38.2 Å². The van der Waals surface area contributed by atoms with Gasteiger partial charge in [-0.1, -0.05) is 58.3 Å². The molecule has 8 heteroatoms. The summed E-state index contributed by atoms with van der Waals surface area (Å²) in [5.74, 6) is -4.36. The number of ketones is 2. The van der Waals surface area contributed by atoms with E-state index in [9.17, 15) is 24.0 Å². The zero-order valence-corrected chi connectivity index (χ0v) is 17.8. The molecule has 0 aliphatic rings. The van der Waals surface area contributed by atoms with Gasteiger partial charge in [-0.05, 0) is 6.42 Å². The molecule has 0 fully saturated rings. The van der Waals surface area contributed by atoms with E-state index in [1.54, 1.807) is 0 Å². The molecule has 0 amide bonds. The number of rotatable bonds is 17. The molecule has 0 saturated carbocycles. The van der Waals surface area contributed by atoms with E-state index >= 15 is 0 Å². The van der Waals surface area contributed by atoms with E-state index in [1.165, 1.54) is 32.1 Å². The predicted octanol–water partition coefficient (Wildman–Crippen LogP) is 3.08. The number of unbranched alkanes of at least 4 members (excludes halogenated alkanes) is 8. The van der Waals surface area contributed by atoms with Crippen LogP contribution in [0.25, 0.3) is 0 Å². The van der Waals surface area contributed by atoms with Gasteiger partial charge in [0.25, 0.3) is 0 Å². The maximum atomic E-state index is 11.8. The molecule has 0 aliphatic carbocycles. The average molecular weight is 414 g/mol. The lowest BCUT2D eigenvalue weighted by Crippen LogP contribution is -2.33. The highest BCUT2D eigenvalue weighted by atomic mass is 16.6. The molecule has 29 heavy (non-hydrogen) atoms. The second-order valence-corrected chi connectivity index (χ2v) is 7.00. The van der Waals surface area contributed by atoms with Gasteiger partial charge in [-0.2, -0.15) is 0 Å². The van der Waals surface area contributed by atoms with Gasteiger partial charge in [0, 0.05) is 20.3 Å². The van der Waals surface area contributed by atoms with Crippen molar-refractivity contribution in [3.63, 3.8) is 0 Å². The number of hydrogen-bond acceptors (Lipinski definition) is 8. The fraction of sp³-hybridized carbons (Fsp3) is 0.762. The molecule has 0 aliphatic heterocycles. The minimum absolute atomic E-state index is 0.233. The van der Waals surface area contributed by atoms with Gasteiger partial charge in [-0.25, -0.2) is 9.59 Å². The standard InChI is InChI=1S/C21H34O8/c1-4-5-6-7-8-9-10-11-12-13-19(24)27-14-18(29-21(26)17(3)23)15-28-20(25)16(2)22/h18H,4-15H2,1-3H3. The van der Waals surface area contributed by atoms with Crippen molar-refractivity contribution in [3.8, 4) is 0 Å². The van der Waals surface area contributed by atoms with Gasteiger partial charge in [0.05, 0.1) is 0 Å². The Morgan fingerprint density at radius 3 is 1.66 bits per heavy atom. The highest BCUT2D eigenvalue weighted by Crippen LogP contribution is 2.11. The third kappa shape index (κ3) is 15.4. The van der Waals surface area contributed by atoms with Gasteiger partial charge < -0.3 is 14.2 Å². The largest absolute Gasteiger partial charge is 0.462 e. The summed E-state index contributed by atoms with van der Waals surface area (Å²) >= 11 is 0. The number of ether oxygens (including phenoxy) is 3. The molecular formula is C21H34O8. The summed E-state index contributed by atoms with van der Waals surface area (Å²) in [6.45, 7) is 3.40. The molecule has 0 aromatic carbocycles. The molecule has 8 nitrogen and oxygen atoms in total. The maximum Gasteiger partial charge on any atom is 0.374 e. The SMILES string of the molecule is CCCCCCCCCCCC(=O)OCC(COC(=O)C(C)=O)OC(=O)C(C)=O. The van der Waals surface area contributed by atoms with Crippen LogP contribution in [0.15, 0.2) is 0 Å². The minimum atomic E-state index is -1.15. The first-order valence-corrected chi connectivity index (χ1v) is 10.3. The molecule has 0 spiro atoms. The van der Waals surface area contributed by atoms with Crippen LogP contribution >= 0.6 is 0 Å². The molecule has 0 N–H and O–H groups in total. The Balaban J connectivity index is 4.10. The van der Waals surface area contributed by atoms with Crippen LogP contribution in [0.3, 0.4) is 0 Å². The first kappa shape index (κ1) is 26.8. The van der Waals surface area contributed by atoms with Crippen LogP contribution in [-0.4, -0.2) is 48.8 Å². The van der Waals surface area contributed by atoms with Crippen LogP contribution in [0.1, 0.15) is 85.0 Å². The third-order valence-corrected chi connectivity index (χ3v) is 4.16. The van der Waals surface area contributed by atoms with Gasteiger partial charge in [0.1, 0.15) is 13.2 Å². The highest BCUT2D eigenvalue weighted by molar-refractivity contribution is 6.33. The van der Waals surface area contributed by atoms with Crippen molar-refractivity contribution in [2.24, 2.45) is 0 Å².